The number of benzene rings is 2. The summed E-state index contributed by atoms with van der Waals surface area (Å²) in [6.07, 6.45) is 3.48. The van der Waals surface area contributed by atoms with Crippen molar-refractivity contribution in [1.29, 1.82) is 0 Å². The number of amides is 2. The summed E-state index contributed by atoms with van der Waals surface area (Å²) in [5.41, 5.74) is 2.65. The molecule has 2 atom stereocenters. The van der Waals surface area contributed by atoms with Crippen molar-refractivity contribution in [3.05, 3.63) is 66.2 Å². The number of fused-ring (bicyclic) bond motifs is 3. The average Bonchev–Trinajstić information content (AvgIpc) is 2.60. The summed E-state index contributed by atoms with van der Waals surface area (Å²) in [6, 6.07) is 17.3. The van der Waals surface area contributed by atoms with E-state index in [1.807, 2.05) is 66.7 Å². The van der Waals surface area contributed by atoms with Crippen LogP contribution >= 0.6 is 0 Å². The summed E-state index contributed by atoms with van der Waals surface area (Å²) in [5.74, 6) is -0.999. The molecule has 2 amide bonds. The maximum atomic E-state index is 12.8. The third-order valence-corrected chi connectivity index (χ3v) is 4.42. The van der Waals surface area contributed by atoms with Crippen LogP contribution in [0.4, 0.5) is 11.4 Å². The number of para-hydroxylation sites is 2. The molecule has 4 nitrogen and oxygen atoms in total. The second kappa shape index (κ2) is 5.09. The van der Waals surface area contributed by atoms with E-state index in [0.717, 1.165) is 16.9 Å². The Kier molecular flexibility index (Phi) is 3.05. The number of rotatable bonds is 1. The molecule has 2 aliphatic rings. The molecule has 0 aromatic heterocycles. The number of anilines is 2. The van der Waals surface area contributed by atoms with Crippen molar-refractivity contribution < 1.29 is 9.59 Å². The minimum absolute atomic E-state index is 0.149. The summed E-state index contributed by atoms with van der Waals surface area (Å²) in [7, 11) is 0. The molecule has 2 heterocycles. The molecule has 0 bridgehead atoms. The summed E-state index contributed by atoms with van der Waals surface area (Å²) in [4.78, 5) is 28.9. The van der Waals surface area contributed by atoms with Gasteiger partial charge in [0.25, 0.3) is 0 Å². The molecule has 4 heteroatoms. The highest BCUT2D eigenvalue weighted by atomic mass is 16.2. The van der Waals surface area contributed by atoms with Gasteiger partial charge in [-0.3, -0.25) is 19.4 Å². The molecular formula is C19H16N2O2. The number of hydrogen-bond donors (Lipinski definition) is 0. The van der Waals surface area contributed by atoms with E-state index < -0.39 is 12.1 Å². The number of carbonyl (C=O) groups is 2. The first-order valence-corrected chi connectivity index (χ1v) is 7.67. The van der Waals surface area contributed by atoms with Crippen LogP contribution in [0, 0.1) is 5.92 Å². The highest BCUT2D eigenvalue weighted by Gasteiger charge is 2.45. The molecule has 1 saturated heterocycles. The zero-order valence-electron chi connectivity index (χ0n) is 12.7. The molecule has 1 fully saturated rings. The lowest BCUT2D eigenvalue weighted by atomic mass is 9.97. The van der Waals surface area contributed by atoms with Crippen molar-refractivity contribution in [1.82, 2.24) is 0 Å². The Morgan fingerprint density at radius 3 is 2.26 bits per heavy atom. The fourth-order valence-corrected chi connectivity index (χ4v) is 3.24. The van der Waals surface area contributed by atoms with Crippen LogP contribution in [-0.2, 0) is 9.59 Å². The average molecular weight is 304 g/mol. The Labute approximate surface area is 134 Å². The minimum atomic E-state index is -0.689. The predicted octanol–water partition coefficient (Wildman–Crippen LogP) is 3.06. The zero-order valence-corrected chi connectivity index (χ0v) is 12.7. The van der Waals surface area contributed by atoms with Crippen LogP contribution in [0.25, 0.3) is 6.08 Å². The lowest BCUT2D eigenvalue weighted by Crippen LogP contribution is -2.63. The summed E-state index contributed by atoms with van der Waals surface area (Å²) >= 11 is 0. The van der Waals surface area contributed by atoms with Gasteiger partial charge in [-0.05, 0) is 36.8 Å². The van der Waals surface area contributed by atoms with Crippen LogP contribution in [0.1, 0.15) is 12.5 Å². The smallest absolute Gasteiger partial charge is 0.241 e. The van der Waals surface area contributed by atoms with E-state index in [9.17, 15) is 9.59 Å². The van der Waals surface area contributed by atoms with Gasteiger partial charge < -0.3 is 0 Å². The lowest BCUT2D eigenvalue weighted by molar-refractivity contribution is -0.134. The maximum Gasteiger partial charge on any atom is 0.241 e. The van der Waals surface area contributed by atoms with Gasteiger partial charge in [0.05, 0.1) is 5.69 Å². The van der Waals surface area contributed by atoms with Crippen molar-refractivity contribution in [2.75, 3.05) is 9.80 Å². The monoisotopic (exact) mass is 304 g/mol. The van der Waals surface area contributed by atoms with Crippen LogP contribution < -0.4 is 9.80 Å². The molecule has 0 saturated carbocycles. The van der Waals surface area contributed by atoms with Gasteiger partial charge in [0.1, 0.15) is 12.1 Å². The van der Waals surface area contributed by atoms with Crippen molar-refractivity contribution in [3.8, 4) is 0 Å². The second-order valence-corrected chi connectivity index (χ2v) is 5.81. The van der Waals surface area contributed by atoms with Crippen molar-refractivity contribution in [2.24, 2.45) is 5.92 Å². The van der Waals surface area contributed by atoms with Crippen LogP contribution in [0.2, 0.25) is 0 Å². The normalized spacial score (nSPS) is 22.8. The van der Waals surface area contributed by atoms with E-state index >= 15 is 0 Å². The van der Waals surface area contributed by atoms with Gasteiger partial charge in [-0.2, -0.15) is 0 Å². The van der Waals surface area contributed by atoms with Crippen molar-refractivity contribution >= 4 is 29.3 Å². The van der Waals surface area contributed by atoms with Gasteiger partial charge in [0, 0.05) is 5.69 Å². The molecule has 114 valence electrons. The SMILES string of the molecule is CC1C(=O)N(c2ccccc2)C2C=Cc3ccccc3N2C1=O. The molecule has 2 aliphatic heterocycles. The van der Waals surface area contributed by atoms with Gasteiger partial charge in [0.15, 0.2) is 0 Å². The Bertz CT molecular complexity index is 813. The van der Waals surface area contributed by atoms with E-state index in [-0.39, 0.29) is 11.8 Å². The molecule has 2 aromatic carbocycles. The fourth-order valence-electron chi connectivity index (χ4n) is 3.24. The molecule has 23 heavy (non-hydrogen) atoms. The molecule has 2 unspecified atom stereocenters. The van der Waals surface area contributed by atoms with Crippen molar-refractivity contribution in [3.63, 3.8) is 0 Å². The third kappa shape index (κ3) is 1.99. The largest absolute Gasteiger partial charge is 0.287 e. The quantitative estimate of drug-likeness (QED) is 0.760. The zero-order chi connectivity index (χ0) is 16.0. The molecule has 0 spiro atoms. The Balaban J connectivity index is 1.87. The van der Waals surface area contributed by atoms with Gasteiger partial charge in [0.2, 0.25) is 11.8 Å². The molecule has 0 radical (unpaired) electrons. The molecule has 0 aliphatic carbocycles. The van der Waals surface area contributed by atoms with E-state index in [1.54, 1.807) is 16.7 Å². The molecule has 4 rings (SSSR count). The number of nitrogens with zero attached hydrogens (tertiary/aromatic N) is 2. The second-order valence-electron chi connectivity index (χ2n) is 5.81. The Morgan fingerprint density at radius 2 is 1.48 bits per heavy atom. The van der Waals surface area contributed by atoms with Gasteiger partial charge in [-0.1, -0.05) is 42.5 Å². The van der Waals surface area contributed by atoms with E-state index in [0.29, 0.717) is 0 Å². The fraction of sp³-hybridized carbons (Fsp3) is 0.158. The first kappa shape index (κ1) is 13.8. The lowest BCUT2D eigenvalue weighted by Gasteiger charge is -2.46. The van der Waals surface area contributed by atoms with E-state index in [4.69, 9.17) is 0 Å². The van der Waals surface area contributed by atoms with Gasteiger partial charge in [-0.15, -0.1) is 0 Å². The van der Waals surface area contributed by atoms with E-state index in [1.165, 1.54) is 0 Å². The first-order valence-electron chi connectivity index (χ1n) is 7.67. The molecule has 2 aromatic rings. The number of carbonyl (C=O) groups excluding carboxylic acids is 2. The Morgan fingerprint density at radius 1 is 0.826 bits per heavy atom. The summed E-state index contributed by atoms with van der Waals surface area (Å²) < 4.78 is 0. The molecular weight excluding hydrogens is 288 g/mol. The van der Waals surface area contributed by atoms with Crippen LogP contribution in [0.5, 0.6) is 0 Å². The molecule has 0 N–H and O–H groups in total. The van der Waals surface area contributed by atoms with Crippen molar-refractivity contribution in [2.45, 2.75) is 13.1 Å². The van der Waals surface area contributed by atoms with Crippen LogP contribution in [0.15, 0.2) is 60.7 Å². The van der Waals surface area contributed by atoms with E-state index in [2.05, 4.69) is 0 Å². The highest BCUT2D eigenvalue weighted by molar-refractivity contribution is 6.18. The maximum absolute atomic E-state index is 12.8. The topological polar surface area (TPSA) is 40.6 Å². The third-order valence-electron chi connectivity index (χ3n) is 4.42. The van der Waals surface area contributed by atoms with Crippen LogP contribution in [-0.4, -0.2) is 18.0 Å². The first-order chi connectivity index (χ1) is 11.2. The summed E-state index contributed by atoms with van der Waals surface area (Å²) in [5, 5.41) is 0. The Hall–Kier alpha value is -2.88. The number of hydrogen-bond acceptors (Lipinski definition) is 2. The van der Waals surface area contributed by atoms with Gasteiger partial charge in [-0.25, -0.2) is 0 Å². The predicted molar refractivity (Wildman–Crippen MR) is 89.8 cm³/mol. The standard InChI is InChI=1S/C19H16N2O2/c1-13-18(22)20(15-8-3-2-4-9-15)17-12-11-14-7-5-6-10-16(14)21(17)19(13)23/h2-13,17H,1H3. The summed E-state index contributed by atoms with van der Waals surface area (Å²) in [6.45, 7) is 1.68. The van der Waals surface area contributed by atoms with Crippen LogP contribution in [0.3, 0.4) is 0 Å². The highest BCUT2D eigenvalue weighted by Crippen LogP contribution is 2.37. The minimum Gasteiger partial charge on any atom is -0.287 e. The van der Waals surface area contributed by atoms with Gasteiger partial charge >= 0.3 is 0 Å².